The lowest BCUT2D eigenvalue weighted by Gasteiger charge is -2.14. The molecule has 1 heterocycles. The zero-order chi connectivity index (χ0) is 14.2. The summed E-state index contributed by atoms with van der Waals surface area (Å²) in [5, 5.41) is 1.11. The Morgan fingerprint density at radius 2 is 2.05 bits per heavy atom. The van der Waals surface area contributed by atoms with Crippen molar-refractivity contribution in [2.24, 2.45) is 11.5 Å². The first-order valence-corrected chi connectivity index (χ1v) is 6.18. The molecule has 0 saturated carbocycles. The Morgan fingerprint density at radius 1 is 1.37 bits per heavy atom. The number of fused-ring (bicyclic) bond motifs is 1. The molecule has 0 saturated heterocycles. The van der Waals surface area contributed by atoms with Crippen LogP contribution in [0.5, 0.6) is 0 Å². The minimum atomic E-state index is -0.653. The average Bonchev–Trinajstić information content (AvgIpc) is 2.37. The number of pyridine rings is 1. The van der Waals surface area contributed by atoms with Gasteiger partial charge in [0.1, 0.15) is 0 Å². The lowest BCUT2D eigenvalue weighted by molar-refractivity contribution is 0.100. The number of primary amides is 1. The van der Waals surface area contributed by atoms with Crippen LogP contribution in [-0.4, -0.2) is 17.0 Å². The van der Waals surface area contributed by atoms with Gasteiger partial charge in [0.15, 0.2) is 0 Å². The quantitative estimate of drug-likeness (QED) is 0.886. The van der Waals surface area contributed by atoms with E-state index in [0.29, 0.717) is 17.3 Å². The van der Waals surface area contributed by atoms with Gasteiger partial charge >= 0.3 is 0 Å². The molecule has 6 heteroatoms. The SMILES string of the molecule is C[C@H](CN)n1ccc2c(C(N)=O)c(Cl)ccc2c1=O. The van der Waals surface area contributed by atoms with Gasteiger partial charge in [-0.25, -0.2) is 0 Å². The summed E-state index contributed by atoms with van der Waals surface area (Å²) in [6.07, 6.45) is 1.60. The summed E-state index contributed by atoms with van der Waals surface area (Å²) in [4.78, 5) is 23.8. The summed E-state index contributed by atoms with van der Waals surface area (Å²) in [6, 6.07) is 4.63. The van der Waals surface area contributed by atoms with Crippen LogP contribution in [0.1, 0.15) is 23.3 Å². The molecule has 2 aromatic rings. The Bertz CT molecular complexity index is 709. The number of carbonyl (C=O) groups is 1. The van der Waals surface area contributed by atoms with Crippen LogP contribution in [-0.2, 0) is 0 Å². The fourth-order valence-corrected chi connectivity index (χ4v) is 2.28. The first-order chi connectivity index (χ1) is 8.97. The Morgan fingerprint density at radius 3 is 2.63 bits per heavy atom. The molecule has 1 amide bonds. The number of nitrogens with zero attached hydrogens (tertiary/aromatic N) is 1. The Kier molecular flexibility index (Phi) is 3.59. The fraction of sp³-hybridized carbons (Fsp3) is 0.231. The van der Waals surface area contributed by atoms with Crippen LogP contribution in [0.4, 0.5) is 0 Å². The highest BCUT2D eigenvalue weighted by atomic mass is 35.5. The predicted octanol–water partition coefficient (Wildman–Crippen LogP) is 1.27. The maximum Gasteiger partial charge on any atom is 0.258 e. The molecule has 19 heavy (non-hydrogen) atoms. The van der Waals surface area contributed by atoms with Gasteiger partial charge in [-0.1, -0.05) is 11.6 Å². The van der Waals surface area contributed by atoms with Crippen molar-refractivity contribution in [3.63, 3.8) is 0 Å². The monoisotopic (exact) mass is 279 g/mol. The topological polar surface area (TPSA) is 91.1 Å². The first-order valence-electron chi connectivity index (χ1n) is 5.80. The number of benzene rings is 1. The lowest BCUT2D eigenvalue weighted by Crippen LogP contribution is -2.27. The van der Waals surface area contributed by atoms with Crippen LogP contribution < -0.4 is 17.0 Å². The second-order valence-corrected chi connectivity index (χ2v) is 4.77. The largest absolute Gasteiger partial charge is 0.366 e. The van der Waals surface area contributed by atoms with Crippen LogP contribution in [0.15, 0.2) is 29.2 Å². The van der Waals surface area contributed by atoms with Crippen LogP contribution in [0.25, 0.3) is 10.8 Å². The number of nitrogens with two attached hydrogens (primary N) is 2. The maximum absolute atomic E-state index is 12.3. The molecule has 1 aromatic carbocycles. The van der Waals surface area contributed by atoms with Crippen LogP contribution >= 0.6 is 11.6 Å². The van der Waals surface area contributed by atoms with E-state index in [1.165, 1.54) is 10.6 Å². The van der Waals surface area contributed by atoms with Crippen molar-refractivity contribution < 1.29 is 4.79 Å². The lowest BCUT2D eigenvalue weighted by atomic mass is 10.1. The molecular formula is C13H14ClN3O2. The third kappa shape index (κ3) is 2.22. The summed E-state index contributed by atoms with van der Waals surface area (Å²) in [5.74, 6) is -0.653. The standard InChI is InChI=1S/C13H14ClN3O2/c1-7(6-15)17-5-4-8-9(13(17)19)2-3-10(14)11(8)12(16)18/h2-5,7H,6,15H2,1H3,(H2,16,18)/t7-/m1/s1. The van der Waals surface area contributed by atoms with E-state index >= 15 is 0 Å². The smallest absolute Gasteiger partial charge is 0.258 e. The number of amides is 1. The molecule has 0 aliphatic carbocycles. The van der Waals surface area contributed by atoms with E-state index in [-0.39, 0.29) is 22.2 Å². The summed E-state index contributed by atoms with van der Waals surface area (Å²) in [6.45, 7) is 2.19. The van der Waals surface area contributed by atoms with Crippen molar-refractivity contribution in [1.82, 2.24) is 4.57 Å². The molecule has 4 N–H and O–H groups in total. The minimum absolute atomic E-state index is 0.121. The number of carbonyl (C=O) groups excluding carboxylic acids is 1. The Labute approximate surface area is 114 Å². The number of hydrogen-bond acceptors (Lipinski definition) is 3. The van der Waals surface area contributed by atoms with E-state index in [1.807, 2.05) is 6.92 Å². The van der Waals surface area contributed by atoms with E-state index in [0.717, 1.165) is 0 Å². The molecular weight excluding hydrogens is 266 g/mol. The highest BCUT2D eigenvalue weighted by molar-refractivity contribution is 6.35. The zero-order valence-corrected chi connectivity index (χ0v) is 11.1. The second kappa shape index (κ2) is 5.03. The zero-order valence-electron chi connectivity index (χ0n) is 10.4. The fourth-order valence-electron chi connectivity index (χ4n) is 2.03. The number of hydrogen-bond donors (Lipinski definition) is 2. The summed E-state index contributed by atoms with van der Waals surface area (Å²) in [5.41, 5.74) is 10.8. The molecule has 0 spiro atoms. The van der Waals surface area contributed by atoms with Crippen molar-refractivity contribution >= 4 is 28.3 Å². The molecule has 0 unspecified atom stereocenters. The van der Waals surface area contributed by atoms with Crippen molar-refractivity contribution in [3.8, 4) is 0 Å². The van der Waals surface area contributed by atoms with Gasteiger partial charge in [-0.3, -0.25) is 9.59 Å². The molecule has 0 radical (unpaired) electrons. The molecule has 5 nitrogen and oxygen atoms in total. The maximum atomic E-state index is 12.3. The Hall–Kier alpha value is -1.85. The Balaban J connectivity index is 2.83. The molecule has 0 aliphatic heterocycles. The average molecular weight is 280 g/mol. The van der Waals surface area contributed by atoms with Gasteiger partial charge in [-0.15, -0.1) is 0 Å². The van der Waals surface area contributed by atoms with Crippen molar-refractivity contribution in [3.05, 3.63) is 45.3 Å². The minimum Gasteiger partial charge on any atom is -0.366 e. The van der Waals surface area contributed by atoms with Gasteiger partial charge in [-0.2, -0.15) is 0 Å². The third-order valence-corrected chi connectivity index (χ3v) is 3.44. The van der Waals surface area contributed by atoms with Gasteiger partial charge in [0, 0.05) is 29.6 Å². The number of rotatable bonds is 3. The normalized spacial score (nSPS) is 12.6. The second-order valence-electron chi connectivity index (χ2n) is 4.36. The number of aromatic nitrogens is 1. The molecule has 0 fully saturated rings. The third-order valence-electron chi connectivity index (χ3n) is 3.12. The number of halogens is 1. The van der Waals surface area contributed by atoms with Gasteiger partial charge in [0.05, 0.1) is 10.6 Å². The van der Waals surface area contributed by atoms with E-state index < -0.39 is 5.91 Å². The highest BCUT2D eigenvalue weighted by Crippen LogP contribution is 2.24. The molecule has 2 rings (SSSR count). The summed E-state index contributed by atoms with van der Waals surface area (Å²) >= 11 is 5.95. The van der Waals surface area contributed by atoms with Gasteiger partial charge < -0.3 is 16.0 Å². The van der Waals surface area contributed by atoms with Gasteiger partial charge in [0.2, 0.25) is 0 Å². The molecule has 1 atom stereocenters. The van der Waals surface area contributed by atoms with Crippen molar-refractivity contribution in [2.45, 2.75) is 13.0 Å². The van der Waals surface area contributed by atoms with E-state index in [4.69, 9.17) is 23.1 Å². The van der Waals surface area contributed by atoms with Crippen LogP contribution in [0.3, 0.4) is 0 Å². The van der Waals surface area contributed by atoms with Crippen molar-refractivity contribution in [1.29, 1.82) is 0 Å². The van der Waals surface area contributed by atoms with E-state index in [9.17, 15) is 9.59 Å². The molecule has 1 aromatic heterocycles. The summed E-state index contributed by atoms with van der Waals surface area (Å²) in [7, 11) is 0. The van der Waals surface area contributed by atoms with Gasteiger partial charge in [-0.05, 0) is 25.1 Å². The van der Waals surface area contributed by atoms with Crippen molar-refractivity contribution in [2.75, 3.05) is 6.54 Å². The van der Waals surface area contributed by atoms with E-state index in [2.05, 4.69) is 0 Å². The molecule has 0 bridgehead atoms. The van der Waals surface area contributed by atoms with Gasteiger partial charge in [0.25, 0.3) is 11.5 Å². The summed E-state index contributed by atoms with van der Waals surface area (Å²) < 4.78 is 1.53. The van der Waals surface area contributed by atoms with Crippen LogP contribution in [0.2, 0.25) is 5.02 Å². The predicted molar refractivity (Wildman–Crippen MR) is 75.5 cm³/mol. The first kappa shape index (κ1) is 13.6. The van der Waals surface area contributed by atoms with E-state index in [1.54, 1.807) is 18.3 Å². The highest BCUT2D eigenvalue weighted by Gasteiger charge is 2.15. The molecule has 100 valence electrons. The van der Waals surface area contributed by atoms with Crippen LogP contribution in [0, 0.1) is 0 Å². The molecule has 0 aliphatic rings.